The van der Waals surface area contributed by atoms with Gasteiger partial charge < -0.3 is 75.0 Å². The molecule has 0 radical (unpaired) electrons. The number of benzene rings is 2. The first-order valence-corrected chi connectivity index (χ1v) is 32.5. The second kappa shape index (κ2) is 29.1. The molecule has 3 saturated heterocycles. The Balaban J connectivity index is 0.000000341. The zero-order chi connectivity index (χ0) is 65.2. The Labute approximate surface area is 525 Å². The molecule has 8 rings (SSSR count). The van der Waals surface area contributed by atoms with E-state index in [0.717, 1.165) is 32.4 Å². The number of hydrogen-bond donors (Lipinski definition) is 9. The largest absolute Gasteiger partial charge is 0.507 e. The van der Waals surface area contributed by atoms with Crippen LogP contribution in [0.1, 0.15) is 124 Å². The van der Waals surface area contributed by atoms with E-state index in [1.807, 2.05) is 11.9 Å². The summed E-state index contributed by atoms with van der Waals surface area (Å²) in [5, 5.41) is 83.2. The first-order chi connectivity index (χ1) is 41.3. The van der Waals surface area contributed by atoms with Gasteiger partial charge in [0.05, 0.1) is 58.3 Å². The summed E-state index contributed by atoms with van der Waals surface area (Å²) >= 11 is 7.55. The van der Waals surface area contributed by atoms with Gasteiger partial charge in [-0.15, -0.1) is 23.4 Å². The number of phenolic OH excluding ortho intramolecular Hbond substituents is 2. The van der Waals surface area contributed by atoms with Crippen molar-refractivity contribution < 1.29 is 78.6 Å². The Morgan fingerprint density at radius 1 is 0.920 bits per heavy atom. The Hall–Kier alpha value is -4.92. The topological polar surface area (TPSA) is 311 Å². The van der Waals surface area contributed by atoms with Gasteiger partial charge in [-0.25, -0.2) is 0 Å². The lowest BCUT2D eigenvalue weighted by molar-refractivity contribution is -0.205. The van der Waals surface area contributed by atoms with Crippen LogP contribution in [0.2, 0.25) is 0 Å². The van der Waals surface area contributed by atoms with E-state index < -0.39 is 124 Å². The molecule has 18 atom stereocenters. The van der Waals surface area contributed by atoms with Crippen molar-refractivity contribution in [3.63, 3.8) is 0 Å². The number of piperidine rings is 1. The molecular formula is C64H95ClN6O16S. The van der Waals surface area contributed by atoms with Gasteiger partial charge in [0.2, 0.25) is 5.91 Å². The number of likely N-dealkylation sites (tertiary alicyclic amines) is 2. The number of nitrogens with zero attached hydrogens (tertiary/aromatic N) is 4. The first kappa shape index (κ1) is 70.5. The summed E-state index contributed by atoms with van der Waals surface area (Å²) in [6.45, 7) is 24.3. The molecule has 6 aliphatic rings. The number of aliphatic hydroxyl groups excluding tert-OH is 5. The number of nitrogens with one attached hydrogen (secondary N) is 2. The number of rotatable bonds is 11. The summed E-state index contributed by atoms with van der Waals surface area (Å²) in [5.74, 6) is -6.09. The minimum atomic E-state index is -1.96. The third-order valence-corrected chi connectivity index (χ3v) is 19.6. The Kier molecular flexibility index (Phi) is 23.4. The fourth-order valence-electron chi connectivity index (χ4n) is 13.3. The summed E-state index contributed by atoms with van der Waals surface area (Å²) in [7, 11) is 3.41. The highest BCUT2D eigenvalue weighted by Gasteiger charge is 2.52. The molecule has 2 aromatic carbocycles. The van der Waals surface area contributed by atoms with Gasteiger partial charge in [0.1, 0.15) is 58.5 Å². The average molecular weight is 1270 g/mol. The number of aliphatic hydroxyl groups is 5. The SMILES string of the molecule is CCC[C@@H]1C[C@@H](C(=O)N[C@H]([C@H](C)Cl)[C@@H]2OC(SC)C(O)C(O)C2O)N(C)C1.CO[C@H]1/C=C/O[C@@]2(C)Oc3c(C)c(O)c4c(O)c(c5c(c4c3C2=O)=NC2(CCN(CC(C)C)CC2)N=5)NC(=O)/C(C)=C\C=C\[C@H](C)[C@H](O)[C@@H](C)[C@@H](O)[C@@H](C)[C@H](OC(C)=O)[C@@H]1C. The molecule has 6 heterocycles. The summed E-state index contributed by atoms with van der Waals surface area (Å²) in [5.41, 5.74) is -1.27. The number of carbonyl (C=O) groups is 4. The minimum absolute atomic E-state index is 0.0364. The van der Waals surface area contributed by atoms with Crippen LogP contribution >= 0.6 is 23.4 Å². The highest BCUT2D eigenvalue weighted by atomic mass is 35.5. The molecule has 0 saturated carbocycles. The smallest absolute Gasteiger partial charge is 0.312 e. The van der Waals surface area contributed by atoms with Gasteiger partial charge in [-0.2, -0.15) is 0 Å². The van der Waals surface area contributed by atoms with Crippen LogP contribution in [-0.4, -0.2) is 199 Å². The van der Waals surface area contributed by atoms with Crippen molar-refractivity contribution in [1.29, 1.82) is 0 Å². The number of Topliss-reactive ketones (excluding diaryl/α,β-unsaturated/α-hetero) is 1. The molecule has 3 fully saturated rings. The summed E-state index contributed by atoms with van der Waals surface area (Å²) in [6.07, 6.45) is 4.94. The van der Waals surface area contributed by atoms with Crippen LogP contribution in [0.4, 0.5) is 5.69 Å². The molecule has 490 valence electrons. The van der Waals surface area contributed by atoms with Crippen LogP contribution in [-0.2, 0) is 33.3 Å². The number of amides is 2. The van der Waals surface area contributed by atoms with Crippen molar-refractivity contribution in [1.82, 2.24) is 15.1 Å². The number of aromatic hydroxyl groups is 2. The molecule has 24 heteroatoms. The highest BCUT2D eigenvalue weighted by Crippen LogP contribution is 2.50. The number of phenols is 2. The number of thioether (sulfide) groups is 1. The predicted octanol–water partition coefficient (Wildman–Crippen LogP) is 5.14. The third-order valence-electron chi connectivity index (χ3n) is 18.5. The van der Waals surface area contributed by atoms with Gasteiger partial charge in [0.15, 0.2) is 11.4 Å². The van der Waals surface area contributed by atoms with E-state index in [2.05, 4.69) is 36.3 Å². The van der Waals surface area contributed by atoms with Crippen LogP contribution < -0.4 is 26.1 Å². The third kappa shape index (κ3) is 14.7. The molecule has 4 unspecified atom stereocenters. The molecule has 4 bridgehead atoms. The number of likely N-dealkylation sites (N-methyl/N-ethyl adjacent to an activating group) is 1. The van der Waals surface area contributed by atoms with Gasteiger partial charge in [0.25, 0.3) is 11.7 Å². The lowest BCUT2D eigenvalue weighted by Crippen LogP contribution is -2.65. The van der Waals surface area contributed by atoms with Gasteiger partial charge in [0, 0.05) is 100 Å². The second-order valence-electron chi connectivity index (χ2n) is 25.7. The molecule has 0 aromatic heterocycles. The number of carbonyl (C=O) groups excluding carboxylic acids is 4. The first-order valence-electron chi connectivity index (χ1n) is 30.8. The fraction of sp³-hybridized carbons (Fsp3) is 0.688. The molecule has 2 amide bonds. The number of ether oxygens (including phenoxy) is 5. The molecule has 22 nitrogen and oxygen atoms in total. The number of hydrogen-bond acceptors (Lipinski definition) is 21. The highest BCUT2D eigenvalue weighted by molar-refractivity contribution is 7.99. The van der Waals surface area contributed by atoms with E-state index in [9.17, 15) is 54.9 Å². The summed E-state index contributed by atoms with van der Waals surface area (Å²) in [6, 6.07) is -0.934. The number of anilines is 1. The molecule has 9 N–H and O–H groups in total. The van der Waals surface area contributed by atoms with E-state index in [4.69, 9.17) is 45.3 Å². The molecule has 2 aromatic rings. The lowest BCUT2D eigenvalue weighted by atomic mass is 9.78. The van der Waals surface area contributed by atoms with E-state index in [0.29, 0.717) is 37.8 Å². The van der Waals surface area contributed by atoms with Crippen molar-refractivity contribution in [2.24, 2.45) is 45.5 Å². The number of esters is 1. The van der Waals surface area contributed by atoms with E-state index in [1.165, 1.54) is 39.0 Å². The number of halogens is 1. The summed E-state index contributed by atoms with van der Waals surface area (Å²) in [4.78, 5) is 68.6. The van der Waals surface area contributed by atoms with Crippen molar-refractivity contribution in [3.8, 4) is 17.2 Å². The van der Waals surface area contributed by atoms with Crippen LogP contribution in [0.3, 0.4) is 0 Å². The van der Waals surface area contributed by atoms with E-state index >= 15 is 0 Å². The normalized spacial score (nSPS) is 34.9. The Morgan fingerprint density at radius 2 is 1.58 bits per heavy atom. The number of alkyl halides is 1. The number of methoxy groups -OCH3 is 1. The number of ketones is 1. The van der Waals surface area contributed by atoms with Gasteiger partial charge in [-0.3, -0.25) is 34.1 Å². The minimum Gasteiger partial charge on any atom is -0.507 e. The van der Waals surface area contributed by atoms with Crippen LogP contribution in [0.25, 0.3) is 10.8 Å². The number of fused-ring (bicyclic) bond motifs is 1. The van der Waals surface area contributed by atoms with Gasteiger partial charge in [-0.05, 0) is 64.8 Å². The van der Waals surface area contributed by atoms with E-state index in [-0.39, 0.29) is 67.3 Å². The number of allylic oxidation sites excluding steroid dienone is 2. The van der Waals surface area contributed by atoms with Crippen LogP contribution in [0, 0.1) is 42.4 Å². The van der Waals surface area contributed by atoms with Gasteiger partial charge >= 0.3 is 11.8 Å². The lowest BCUT2D eigenvalue weighted by Gasteiger charge is -2.44. The maximum absolute atomic E-state index is 14.7. The summed E-state index contributed by atoms with van der Waals surface area (Å²) < 4.78 is 29.8. The zero-order valence-electron chi connectivity index (χ0n) is 53.5. The maximum Gasteiger partial charge on any atom is 0.312 e. The average Bonchev–Trinajstić information content (AvgIpc) is 1.57. The standard InChI is InChI=1S/C46H62N4O11.C18H33ClN2O5S/c1-22(2)21-50-18-16-46(17-19-50)48-34-31-32-39(54)28(8)42-33(31)43(56)45(10,61-42)59-20-15-30(58-11)25(5)41(60-29(9)51)27(7)38(53)26(6)37(52)23(3)13-12-14-24(4)44(57)47-36(40(32)55)35(34)49-46;1-5-6-10-7-11(21(3)8-10)17(25)20-12(9(2)19)16-14(23)13(22)15(24)18(26-16)27-4/h12-15,20,22-23,25-27,30,37-38,41,52-55H,16-19,21H2,1-11H3,(H,47,57);9-16,18,22-24H,5-8H2,1-4H3,(H,20,25)/b13-12+,20-15+,24-14-;/t23-,25+,26+,27+,30-,37-,38+,41+,45-;9-,10+,11-,12+,13?,14?,15?,16-,18?/m00/s1. The van der Waals surface area contributed by atoms with Crippen molar-refractivity contribution in [3.05, 3.63) is 58.0 Å². The Morgan fingerprint density at radius 3 is 2.18 bits per heavy atom. The predicted molar refractivity (Wildman–Crippen MR) is 335 cm³/mol. The monoisotopic (exact) mass is 1270 g/mol. The van der Waals surface area contributed by atoms with Crippen molar-refractivity contribution >= 4 is 63.4 Å². The van der Waals surface area contributed by atoms with E-state index in [1.54, 1.807) is 79.0 Å². The fourth-order valence-corrected chi connectivity index (χ4v) is 14.2. The van der Waals surface area contributed by atoms with Crippen LogP contribution in [0.15, 0.2) is 46.1 Å². The molecule has 1 spiro atoms. The molecule has 6 aliphatic heterocycles. The van der Waals surface area contributed by atoms with Crippen LogP contribution in [0.5, 0.6) is 17.2 Å². The quantitative estimate of drug-likeness (QED) is 0.0799. The zero-order valence-corrected chi connectivity index (χ0v) is 55.1. The molecule has 88 heavy (non-hydrogen) atoms. The Bertz CT molecular complexity index is 3100. The molecular weight excluding hydrogens is 1180 g/mol. The maximum atomic E-state index is 14.7. The van der Waals surface area contributed by atoms with Crippen molar-refractivity contribution in [2.45, 2.75) is 198 Å². The molecule has 0 aliphatic carbocycles. The second-order valence-corrected chi connectivity index (χ2v) is 27.3. The van der Waals surface area contributed by atoms with Gasteiger partial charge in [-0.1, -0.05) is 73.1 Å². The van der Waals surface area contributed by atoms with Crippen molar-refractivity contribution in [2.75, 3.05) is 51.9 Å².